The molecule has 2 aromatic carbocycles. The number of amides is 1. The van der Waals surface area contributed by atoms with Crippen molar-refractivity contribution in [1.82, 2.24) is 15.6 Å². The quantitative estimate of drug-likeness (QED) is 0.524. The van der Waals surface area contributed by atoms with Gasteiger partial charge in [-0.25, -0.2) is 5.43 Å². The SMILES string of the molecule is Cc1c(-c2ccccc2)n[nH]c1C(=O)NN=Cc1c(Cl)cccc1Cl. The summed E-state index contributed by atoms with van der Waals surface area (Å²) in [5.74, 6) is -0.397. The van der Waals surface area contributed by atoms with Gasteiger partial charge >= 0.3 is 0 Å². The number of aromatic amines is 1. The van der Waals surface area contributed by atoms with Gasteiger partial charge in [-0.3, -0.25) is 9.89 Å². The molecule has 25 heavy (non-hydrogen) atoms. The summed E-state index contributed by atoms with van der Waals surface area (Å²) in [4.78, 5) is 12.3. The molecular formula is C18H14Cl2N4O. The van der Waals surface area contributed by atoms with Crippen LogP contribution in [0.4, 0.5) is 0 Å². The Hall–Kier alpha value is -2.63. The molecule has 1 amide bonds. The van der Waals surface area contributed by atoms with Crippen molar-refractivity contribution < 1.29 is 4.79 Å². The molecule has 0 saturated carbocycles. The first kappa shape index (κ1) is 17.2. The standard InChI is InChI=1S/C18H14Cl2N4O/c1-11-16(12-6-3-2-4-7-12)22-23-17(11)18(25)24-21-10-13-14(19)8-5-9-15(13)20/h2-10H,1H3,(H,22,23)(H,24,25). The fourth-order valence-corrected chi connectivity index (χ4v) is 2.84. The number of nitrogens with one attached hydrogen (secondary N) is 2. The predicted octanol–water partition coefficient (Wildman–Crippen LogP) is 4.46. The Balaban J connectivity index is 1.77. The first-order valence-electron chi connectivity index (χ1n) is 7.45. The van der Waals surface area contributed by atoms with E-state index in [0.717, 1.165) is 16.8 Å². The predicted molar refractivity (Wildman–Crippen MR) is 100 cm³/mol. The van der Waals surface area contributed by atoms with Gasteiger partial charge in [0, 0.05) is 16.7 Å². The highest BCUT2D eigenvalue weighted by Gasteiger charge is 2.16. The third kappa shape index (κ3) is 3.73. The average Bonchev–Trinajstić information content (AvgIpc) is 3.00. The van der Waals surface area contributed by atoms with Crippen molar-refractivity contribution in [2.75, 3.05) is 0 Å². The number of nitrogens with zero attached hydrogens (tertiary/aromatic N) is 2. The number of halogens is 2. The summed E-state index contributed by atoms with van der Waals surface area (Å²) in [5, 5.41) is 11.8. The largest absolute Gasteiger partial charge is 0.289 e. The van der Waals surface area contributed by atoms with E-state index in [4.69, 9.17) is 23.2 Å². The van der Waals surface area contributed by atoms with Crippen LogP contribution >= 0.6 is 23.2 Å². The number of benzene rings is 2. The fourth-order valence-electron chi connectivity index (χ4n) is 2.34. The first-order chi connectivity index (χ1) is 12.1. The number of H-pyrrole nitrogens is 1. The average molecular weight is 373 g/mol. The van der Waals surface area contributed by atoms with E-state index < -0.39 is 5.91 Å². The van der Waals surface area contributed by atoms with Gasteiger partial charge in [-0.1, -0.05) is 59.6 Å². The van der Waals surface area contributed by atoms with E-state index >= 15 is 0 Å². The molecule has 0 saturated heterocycles. The van der Waals surface area contributed by atoms with Crippen molar-refractivity contribution in [3.8, 4) is 11.3 Å². The third-order valence-corrected chi connectivity index (χ3v) is 4.30. The number of aromatic nitrogens is 2. The second-order valence-electron chi connectivity index (χ2n) is 5.27. The topological polar surface area (TPSA) is 70.1 Å². The molecule has 2 N–H and O–H groups in total. The van der Waals surface area contributed by atoms with Gasteiger partial charge in [-0.2, -0.15) is 10.2 Å². The molecule has 0 bridgehead atoms. The lowest BCUT2D eigenvalue weighted by atomic mass is 10.1. The fraction of sp³-hybridized carbons (Fsp3) is 0.0556. The summed E-state index contributed by atoms with van der Waals surface area (Å²) in [5.41, 5.74) is 5.74. The minimum Gasteiger partial charge on any atom is -0.272 e. The summed E-state index contributed by atoms with van der Waals surface area (Å²) in [6, 6.07) is 14.8. The highest BCUT2D eigenvalue weighted by molar-refractivity contribution is 6.38. The molecule has 0 aliphatic rings. The van der Waals surface area contributed by atoms with Crippen molar-refractivity contribution in [2.24, 2.45) is 5.10 Å². The highest BCUT2D eigenvalue weighted by atomic mass is 35.5. The van der Waals surface area contributed by atoms with Gasteiger partial charge in [0.25, 0.3) is 5.91 Å². The maximum absolute atomic E-state index is 12.3. The highest BCUT2D eigenvalue weighted by Crippen LogP contribution is 2.23. The van der Waals surface area contributed by atoms with Crippen LogP contribution in [-0.2, 0) is 0 Å². The smallest absolute Gasteiger partial charge is 0.272 e. The van der Waals surface area contributed by atoms with Gasteiger partial charge in [0.05, 0.1) is 22.0 Å². The lowest BCUT2D eigenvalue weighted by molar-refractivity contribution is 0.0949. The van der Waals surface area contributed by atoms with Gasteiger partial charge in [0.2, 0.25) is 0 Å². The van der Waals surface area contributed by atoms with Crippen LogP contribution in [0.3, 0.4) is 0 Å². The molecule has 1 heterocycles. The Morgan fingerprint density at radius 2 is 1.80 bits per heavy atom. The Morgan fingerprint density at radius 1 is 1.12 bits per heavy atom. The Kier molecular flexibility index (Phi) is 5.16. The lowest BCUT2D eigenvalue weighted by Gasteiger charge is -2.02. The van der Waals surface area contributed by atoms with Crippen molar-refractivity contribution in [3.05, 3.63) is 75.4 Å². The molecule has 0 spiro atoms. The van der Waals surface area contributed by atoms with Crippen LogP contribution in [0.15, 0.2) is 53.6 Å². The van der Waals surface area contributed by atoms with Crippen LogP contribution < -0.4 is 5.43 Å². The second-order valence-corrected chi connectivity index (χ2v) is 6.09. The van der Waals surface area contributed by atoms with Crippen LogP contribution in [-0.4, -0.2) is 22.3 Å². The van der Waals surface area contributed by atoms with E-state index in [1.54, 1.807) is 18.2 Å². The van der Waals surface area contributed by atoms with Crippen LogP contribution in [0.25, 0.3) is 11.3 Å². The van der Waals surface area contributed by atoms with E-state index in [1.165, 1.54) is 6.21 Å². The summed E-state index contributed by atoms with van der Waals surface area (Å²) < 4.78 is 0. The maximum Gasteiger partial charge on any atom is 0.289 e. The minimum atomic E-state index is -0.397. The van der Waals surface area contributed by atoms with Gasteiger partial charge in [-0.15, -0.1) is 0 Å². The van der Waals surface area contributed by atoms with Crippen LogP contribution in [0.2, 0.25) is 10.0 Å². The Bertz CT molecular complexity index is 915. The number of hydrogen-bond donors (Lipinski definition) is 2. The molecule has 0 fully saturated rings. The molecule has 0 aliphatic heterocycles. The molecule has 0 radical (unpaired) electrons. The van der Waals surface area contributed by atoms with Crippen molar-refractivity contribution in [2.45, 2.75) is 6.92 Å². The van der Waals surface area contributed by atoms with E-state index in [0.29, 0.717) is 21.3 Å². The Morgan fingerprint density at radius 3 is 2.48 bits per heavy atom. The molecule has 3 aromatic rings. The zero-order valence-corrected chi connectivity index (χ0v) is 14.8. The summed E-state index contributed by atoms with van der Waals surface area (Å²) in [6.45, 7) is 1.83. The number of hydrogen-bond acceptors (Lipinski definition) is 3. The zero-order chi connectivity index (χ0) is 17.8. The van der Waals surface area contributed by atoms with E-state index in [2.05, 4.69) is 20.7 Å². The van der Waals surface area contributed by atoms with E-state index in [1.807, 2.05) is 37.3 Å². The number of hydrazone groups is 1. The lowest BCUT2D eigenvalue weighted by Crippen LogP contribution is -2.19. The molecule has 0 unspecified atom stereocenters. The molecule has 0 atom stereocenters. The monoisotopic (exact) mass is 372 g/mol. The molecule has 126 valence electrons. The molecular weight excluding hydrogens is 359 g/mol. The van der Waals surface area contributed by atoms with E-state index in [9.17, 15) is 4.79 Å². The van der Waals surface area contributed by atoms with Crippen molar-refractivity contribution >= 4 is 35.3 Å². The summed E-state index contributed by atoms with van der Waals surface area (Å²) in [7, 11) is 0. The number of carbonyl (C=O) groups is 1. The minimum absolute atomic E-state index is 0.348. The molecule has 7 heteroatoms. The summed E-state index contributed by atoms with van der Waals surface area (Å²) in [6.07, 6.45) is 1.41. The molecule has 5 nitrogen and oxygen atoms in total. The zero-order valence-electron chi connectivity index (χ0n) is 13.3. The van der Waals surface area contributed by atoms with Gasteiger partial charge < -0.3 is 0 Å². The van der Waals surface area contributed by atoms with Crippen molar-refractivity contribution in [1.29, 1.82) is 0 Å². The van der Waals surface area contributed by atoms with Crippen LogP contribution in [0, 0.1) is 6.92 Å². The van der Waals surface area contributed by atoms with E-state index in [-0.39, 0.29) is 0 Å². The second kappa shape index (κ2) is 7.51. The maximum atomic E-state index is 12.3. The first-order valence-corrected chi connectivity index (χ1v) is 8.21. The third-order valence-electron chi connectivity index (χ3n) is 3.64. The van der Waals surface area contributed by atoms with Crippen molar-refractivity contribution in [3.63, 3.8) is 0 Å². The molecule has 0 aliphatic carbocycles. The Labute approximate surface area is 154 Å². The number of rotatable bonds is 4. The normalized spacial score (nSPS) is 11.0. The van der Waals surface area contributed by atoms with Crippen LogP contribution in [0.5, 0.6) is 0 Å². The van der Waals surface area contributed by atoms with Gasteiger partial charge in [0.15, 0.2) is 0 Å². The molecule has 3 rings (SSSR count). The van der Waals surface area contributed by atoms with Crippen LogP contribution in [0.1, 0.15) is 21.6 Å². The number of carbonyl (C=O) groups excluding carboxylic acids is 1. The molecule has 1 aromatic heterocycles. The summed E-state index contributed by atoms with van der Waals surface area (Å²) >= 11 is 12.1. The van der Waals surface area contributed by atoms with Gasteiger partial charge in [0.1, 0.15) is 5.69 Å². The van der Waals surface area contributed by atoms with Gasteiger partial charge in [-0.05, 0) is 19.1 Å².